The standard InChI is InChI=1S/C32H66O7Si2/c1-13-15-17-19-25(33)21-27(38-40(9,10)31(3,4)5)24-30(36)37-26(20-18-16-14-2)22-28(23-29(34)35)39-41(11,12)32(6,7)8/h25-28,33H,13-24H2,1-12H3,(H,34,35)/t25-,26-,27-,28-/m1/s1. The average Bonchev–Trinajstić information content (AvgIpc) is 2.76. The molecule has 41 heavy (non-hydrogen) atoms. The number of carbonyl (C=O) groups excluding carboxylic acids is 1. The summed E-state index contributed by atoms with van der Waals surface area (Å²) in [4.78, 5) is 25.2. The van der Waals surface area contributed by atoms with Crippen molar-refractivity contribution in [2.75, 3.05) is 0 Å². The second-order valence-electron chi connectivity index (χ2n) is 15.0. The average molecular weight is 619 g/mol. The van der Waals surface area contributed by atoms with E-state index in [4.69, 9.17) is 13.6 Å². The number of carboxylic acids is 1. The van der Waals surface area contributed by atoms with Crippen LogP contribution < -0.4 is 0 Å². The van der Waals surface area contributed by atoms with Gasteiger partial charge >= 0.3 is 11.9 Å². The lowest BCUT2D eigenvalue weighted by Crippen LogP contribution is -2.46. The van der Waals surface area contributed by atoms with Gasteiger partial charge in [-0.1, -0.05) is 87.5 Å². The van der Waals surface area contributed by atoms with Gasteiger partial charge in [0.2, 0.25) is 0 Å². The number of aliphatic hydroxyl groups excluding tert-OH is 1. The normalized spacial score (nSPS) is 16.2. The zero-order valence-corrected chi connectivity index (χ0v) is 30.7. The molecule has 0 rings (SSSR count). The lowest BCUT2D eigenvalue weighted by atomic mass is 10.0. The number of aliphatic carboxylic acids is 1. The van der Waals surface area contributed by atoms with Gasteiger partial charge in [0.1, 0.15) is 6.10 Å². The molecule has 244 valence electrons. The molecule has 0 radical (unpaired) electrons. The van der Waals surface area contributed by atoms with Gasteiger partial charge in [0.15, 0.2) is 16.6 Å². The van der Waals surface area contributed by atoms with E-state index in [1.807, 2.05) is 0 Å². The number of hydrogen-bond donors (Lipinski definition) is 2. The minimum absolute atomic E-state index is 0.0316. The van der Waals surface area contributed by atoms with Crippen molar-refractivity contribution in [2.45, 2.75) is 193 Å². The zero-order chi connectivity index (χ0) is 32.1. The van der Waals surface area contributed by atoms with Crippen LogP contribution in [-0.2, 0) is 23.2 Å². The fourth-order valence-corrected chi connectivity index (χ4v) is 7.07. The van der Waals surface area contributed by atoms with Crippen molar-refractivity contribution >= 4 is 28.6 Å². The third-order valence-corrected chi connectivity index (χ3v) is 18.0. The molecule has 7 nitrogen and oxygen atoms in total. The molecule has 0 aromatic heterocycles. The lowest BCUT2D eigenvalue weighted by Gasteiger charge is -2.40. The Hall–Kier alpha value is -0.746. The maximum atomic E-state index is 13.4. The van der Waals surface area contributed by atoms with E-state index in [1.165, 1.54) is 0 Å². The Morgan fingerprint density at radius 2 is 1.12 bits per heavy atom. The molecular formula is C32H66O7Si2. The van der Waals surface area contributed by atoms with Crippen LogP contribution in [0.15, 0.2) is 0 Å². The molecule has 0 saturated heterocycles. The second-order valence-corrected chi connectivity index (χ2v) is 24.5. The number of esters is 1. The van der Waals surface area contributed by atoms with E-state index in [0.29, 0.717) is 25.7 Å². The van der Waals surface area contributed by atoms with Gasteiger partial charge in [0.05, 0.1) is 31.2 Å². The van der Waals surface area contributed by atoms with Crippen molar-refractivity contribution in [3.63, 3.8) is 0 Å². The van der Waals surface area contributed by atoms with Crippen LogP contribution in [-0.4, -0.2) is 63.2 Å². The summed E-state index contributed by atoms with van der Waals surface area (Å²) in [6.07, 6.45) is 6.27. The fraction of sp³-hybridized carbons (Fsp3) is 0.938. The first-order valence-corrected chi connectivity index (χ1v) is 21.9. The maximum Gasteiger partial charge on any atom is 0.308 e. The number of carboxylic acid groups (broad SMARTS) is 1. The summed E-state index contributed by atoms with van der Waals surface area (Å²) in [5.74, 6) is -1.26. The number of unbranched alkanes of at least 4 members (excludes halogenated alkanes) is 4. The molecule has 0 aromatic carbocycles. The summed E-state index contributed by atoms with van der Waals surface area (Å²) in [5, 5.41) is 20.3. The van der Waals surface area contributed by atoms with Gasteiger partial charge in [-0.3, -0.25) is 9.59 Å². The third-order valence-electron chi connectivity index (χ3n) is 8.96. The fourth-order valence-electron chi connectivity index (χ4n) is 4.34. The predicted molar refractivity (Wildman–Crippen MR) is 174 cm³/mol. The smallest absolute Gasteiger partial charge is 0.308 e. The van der Waals surface area contributed by atoms with Gasteiger partial charge < -0.3 is 23.8 Å². The number of hydrogen-bond acceptors (Lipinski definition) is 6. The van der Waals surface area contributed by atoms with Crippen LogP contribution in [0, 0.1) is 0 Å². The van der Waals surface area contributed by atoms with Crippen LogP contribution in [0.4, 0.5) is 0 Å². The number of aliphatic hydroxyl groups is 1. The summed E-state index contributed by atoms with van der Waals surface area (Å²) in [6, 6.07) is 0. The van der Waals surface area contributed by atoms with E-state index in [0.717, 1.165) is 38.5 Å². The van der Waals surface area contributed by atoms with E-state index in [1.54, 1.807) is 0 Å². The molecule has 2 N–H and O–H groups in total. The minimum Gasteiger partial charge on any atom is -0.481 e. The molecule has 0 aliphatic carbocycles. The quantitative estimate of drug-likeness (QED) is 0.0752. The highest BCUT2D eigenvalue weighted by Crippen LogP contribution is 2.39. The Morgan fingerprint density at radius 1 is 0.683 bits per heavy atom. The van der Waals surface area contributed by atoms with Crippen molar-refractivity contribution in [1.29, 1.82) is 0 Å². The van der Waals surface area contributed by atoms with Crippen molar-refractivity contribution < 1.29 is 33.4 Å². The second kappa shape index (κ2) is 18.2. The Balaban J connectivity index is 5.81. The molecule has 0 aliphatic rings. The molecule has 0 fully saturated rings. The van der Waals surface area contributed by atoms with Crippen molar-refractivity contribution in [2.24, 2.45) is 0 Å². The Labute approximate surface area is 254 Å². The van der Waals surface area contributed by atoms with Gasteiger partial charge in [-0.25, -0.2) is 0 Å². The molecule has 0 saturated carbocycles. The molecule has 0 aromatic rings. The topological polar surface area (TPSA) is 102 Å². The first-order chi connectivity index (χ1) is 18.6. The largest absolute Gasteiger partial charge is 0.481 e. The van der Waals surface area contributed by atoms with Gasteiger partial charge in [0, 0.05) is 6.42 Å². The van der Waals surface area contributed by atoms with Crippen LogP contribution in [0.3, 0.4) is 0 Å². The SMILES string of the molecule is CCCCC[C@@H](O)C[C@H](CC(=O)O[C@H](CCCCC)C[C@H](CC(=O)O)O[Si](C)(C)C(C)(C)C)O[Si](C)(C)C(C)(C)C. The summed E-state index contributed by atoms with van der Waals surface area (Å²) in [6.45, 7) is 25.7. The monoisotopic (exact) mass is 618 g/mol. The van der Waals surface area contributed by atoms with Crippen LogP contribution in [0.2, 0.25) is 36.3 Å². The highest BCUT2D eigenvalue weighted by Gasteiger charge is 2.41. The first kappa shape index (κ1) is 40.3. The summed E-state index contributed by atoms with van der Waals surface area (Å²) in [5.41, 5.74) is 0. The van der Waals surface area contributed by atoms with E-state index < -0.39 is 47.0 Å². The molecular weight excluding hydrogens is 553 g/mol. The first-order valence-electron chi connectivity index (χ1n) is 16.1. The maximum absolute atomic E-state index is 13.4. The Morgan fingerprint density at radius 3 is 1.54 bits per heavy atom. The molecule has 0 aliphatic heterocycles. The lowest BCUT2D eigenvalue weighted by molar-refractivity contribution is -0.153. The van der Waals surface area contributed by atoms with Crippen LogP contribution >= 0.6 is 0 Å². The van der Waals surface area contributed by atoms with E-state index in [9.17, 15) is 19.8 Å². The van der Waals surface area contributed by atoms with E-state index >= 15 is 0 Å². The van der Waals surface area contributed by atoms with Gasteiger partial charge in [-0.15, -0.1) is 0 Å². The minimum atomic E-state index is -2.23. The zero-order valence-electron chi connectivity index (χ0n) is 28.7. The Bertz CT molecular complexity index is 756. The summed E-state index contributed by atoms with van der Waals surface area (Å²) in [7, 11) is -4.42. The van der Waals surface area contributed by atoms with Crippen molar-refractivity contribution in [3.05, 3.63) is 0 Å². The van der Waals surface area contributed by atoms with Gasteiger partial charge in [0.25, 0.3) is 0 Å². The van der Waals surface area contributed by atoms with Crippen molar-refractivity contribution in [3.8, 4) is 0 Å². The van der Waals surface area contributed by atoms with Gasteiger partial charge in [-0.05, 0) is 61.9 Å². The Kier molecular flexibility index (Phi) is 17.8. The molecule has 9 heteroatoms. The molecule has 0 spiro atoms. The highest BCUT2D eigenvalue weighted by atomic mass is 28.4. The number of rotatable bonds is 21. The number of ether oxygens (including phenoxy) is 1. The van der Waals surface area contributed by atoms with Crippen LogP contribution in [0.25, 0.3) is 0 Å². The molecule has 0 bridgehead atoms. The third kappa shape index (κ3) is 16.6. The molecule has 0 amide bonds. The number of carbonyl (C=O) groups is 2. The van der Waals surface area contributed by atoms with E-state index in [2.05, 4.69) is 81.6 Å². The van der Waals surface area contributed by atoms with Crippen molar-refractivity contribution in [1.82, 2.24) is 0 Å². The predicted octanol–water partition coefficient (Wildman–Crippen LogP) is 8.85. The van der Waals surface area contributed by atoms with Gasteiger partial charge in [-0.2, -0.15) is 0 Å². The molecule has 0 unspecified atom stereocenters. The summed E-state index contributed by atoms with van der Waals surface area (Å²) >= 11 is 0. The highest BCUT2D eigenvalue weighted by molar-refractivity contribution is 6.74. The molecule has 4 atom stereocenters. The van der Waals surface area contributed by atoms with E-state index in [-0.39, 0.29) is 28.9 Å². The summed E-state index contributed by atoms with van der Waals surface area (Å²) < 4.78 is 19.3. The van der Waals surface area contributed by atoms with Crippen LogP contribution in [0.5, 0.6) is 0 Å². The van der Waals surface area contributed by atoms with Crippen LogP contribution in [0.1, 0.15) is 132 Å². The molecule has 0 heterocycles.